The Kier molecular flexibility index (Phi) is 19.9. The predicted octanol–water partition coefficient (Wildman–Crippen LogP) is 3.97. The second-order valence-electron chi connectivity index (χ2n) is 15.9. The molecule has 1 aromatic carbocycles. The first-order valence-corrected chi connectivity index (χ1v) is 20.2. The highest BCUT2D eigenvalue weighted by molar-refractivity contribution is 5.92. The molecular weight excluding hydrogens is 734 g/mol. The lowest BCUT2D eigenvalue weighted by Crippen LogP contribution is -2.60. The van der Waals surface area contributed by atoms with E-state index in [0.29, 0.717) is 25.8 Å². The number of nitrogens with one attached hydrogen (secondary N) is 2. The van der Waals surface area contributed by atoms with Crippen molar-refractivity contribution in [1.29, 1.82) is 0 Å². The minimum atomic E-state index is -1.15. The van der Waals surface area contributed by atoms with Gasteiger partial charge >= 0.3 is 12.1 Å². The molecule has 1 aliphatic rings. The molecule has 3 N–H and O–H groups in total. The third kappa shape index (κ3) is 13.1. The molecule has 15 heteroatoms. The SMILES string of the molecule is CCOC(=O)N(C)[C@H](C(=O)N[C@H](C(=O)N(C)[C@H](C(CC(=O)N1CCC[C@H]1[C@H](OC)[C@@H](C)C(=O)NC(Cc1ccccc1)C(=O)O)OC)[C@@H](C)CC)C(C)C)C(C)C. The Morgan fingerprint density at radius 2 is 1.51 bits per heavy atom. The molecule has 2 rings (SSSR count). The van der Waals surface area contributed by atoms with Crippen molar-refractivity contribution in [3.05, 3.63) is 35.9 Å². The number of carboxylic acid groups (broad SMARTS) is 1. The molecule has 9 atom stereocenters. The fourth-order valence-corrected chi connectivity index (χ4v) is 7.90. The third-order valence-corrected chi connectivity index (χ3v) is 11.3. The van der Waals surface area contributed by atoms with Gasteiger partial charge in [0.05, 0.1) is 43.2 Å². The summed E-state index contributed by atoms with van der Waals surface area (Å²) < 4.78 is 17.0. The van der Waals surface area contributed by atoms with E-state index in [4.69, 9.17) is 14.2 Å². The van der Waals surface area contributed by atoms with E-state index in [0.717, 1.165) is 5.56 Å². The van der Waals surface area contributed by atoms with Crippen molar-refractivity contribution in [2.75, 3.05) is 41.5 Å². The van der Waals surface area contributed by atoms with E-state index in [-0.39, 0.29) is 49.0 Å². The summed E-state index contributed by atoms with van der Waals surface area (Å²) in [5.74, 6) is -4.19. The van der Waals surface area contributed by atoms with Crippen LogP contribution in [0.4, 0.5) is 4.79 Å². The number of ether oxygens (including phenoxy) is 3. The number of carbonyl (C=O) groups excluding carboxylic acids is 5. The summed E-state index contributed by atoms with van der Waals surface area (Å²) in [4.78, 5) is 85.0. The largest absolute Gasteiger partial charge is 0.480 e. The molecule has 0 radical (unpaired) electrons. The van der Waals surface area contributed by atoms with Gasteiger partial charge in [0.15, 0.2) is 0 Å². The fraction of sp³-hybridized carbons (Fsp3) is 0.714. The number of carboxylic acids is 1. The Balaban J connectivity index is 2.29. The minimum absolute atomic E-state index is 0.0622. The number of hydrogen-bond donors (Lipinski definition) is 3. The van der Waals surface area contributed by atoms with E-state index in [1.807, 2.05) is 59.7 Å². The van der Waals surface area contributed by atoms with E-state index in [9.17, 15) is 33.9 Å². The molecule has 0 bridgehead atoms. The molecule has 2 unspecified atom stereocenters. The highest BCUT2D eigenvalue weighted by Gasteiger charge is 2.43. The van der Waals surface area contributed by atoms with E-state index in [1.165, 1.54) is 26.2 Å². The number of likely N-dealkylation sites (N-methyl/N-ethyl adjacent to an activating group) is 2. The fourth-order valence-electron chi connectivity index (χ4n) is 7.90. The zero-order valence-corrected chi connectivity index (χ0v) is 36.2. The highest BCUT2D eigenvalue weighted by Crippen LogP contribution is 2.30. The molecule has 0 spiro atoms. The second-order valence-corrected chi connectivity index (χ2v) is 15.9. The van der Waals surface area contributed by atoms with Crippen molar-refractivity contribution in [2.45, 2.75) is 130 Å². The van der Waals surface area contributed by atoms with E-state index in [1.54, 1.807) is 42.8 Å². The van der Waals surface area contributed by atoms with Gasteiger partial charge in [-0.3, -0.25) is 24.1 Å². The summed E-state index contributed by atoms with van der Waals surface area (Å²) in [6, 6.07) is 5.07. The molecule has 1 aromatic rings. The Bertz CT molecular complexity index is 1480. The van der Waals surface area contributed by atoms with Crippen molar-refractivity contribution in [3.8, 4) is 0 Å². The zero-order chi connectivity index (χ0) is 43.1. The summed E-state index contributed by atoms with van der Waals surface area (Å²) in [6.07, 6.45) is -0.0960. The number of nitrogens with zero attached hydrogens (tertiary/aromatic N) is 3. The third-order valence-electron chi connectivity index (χ3n) is 11.3. The van der Waals surface area contributed by atoms with Gasteiger partial charge in [-0.2, -0.15) is 0 Å². The molecule has 1 heterocycles. The lowest BCUT2D eigenvalue weighted by molar-refractivity contribution is -0.148. The predicted molar refractivity (Wildman–Crippen MR) is 216 cm³/mol. The van der Waals surface area contributed by atoms with Gasteiger partial charge in [0.25, 0.3) is 0 Å². The van der Waals surface area contributed by atoms with Crippen molar-refractivity contribution in [2.24, 2.45) is 23.7 Å². The van der Waals surface area contributed by atoms with Gasteiger partial charge in [0.2, 0.25) is 23.6 Å². The molecule has 1 saturated heterocycles. The monoisotopic (exact) mass is 804 g/mol. The molecule has 15 nitrogen and oxygen atoms in total. The number of methoxy groups -OCH3 is 2. The number of benzene rings is 1. The number of hydrogen-bond acceptors (Lipinski definition) is 9. The number of amides is 5. The Morgan fingerprint density at radius 1 is 0.877 bits per heavy atom. The minimum Gasteiger partial charge on any atom is -0.480 e. The molecule has 1 aliphatic heterocycles. The zero-order valence-electron chi connectivity index (χ0n) is 36.2. The molecule has 322 valence electrons. The Morgan fingerprint density at radius 3 is 2.02 bits per heavy atom. The smallest absolute Gasteiger partial charge is 0.410 e. The summed E-state index contributed by atoms with van der Waals surface area (Å²) >= 11 is 0. The Hall–Kier alpha value is -4.24. The van der Waals surface area contributed by atoms with E-state index < -0.39 is 72.2 Å². The summed E-state index contributed by atoms with van der Waals surface area (Å²) in [7, 11) is 6.14. The van der Waals surface area contributed by atoms with Crippen LogP contribution in [-0.2, 0) is 44.6 Å². The summed E-state index contributed by atoms with van der Waals surface area (Å²) in [5.41, 5.74) is 0.771. The molecule has 0 aliphatic carbocycles. The lowest BCUT2D eigenvalue weighted by atomic mass is 9.89. The maximum absolute atomic E-state index is 14.3. The molecular formula is C42H69N5O10. The molecule has 1 fully saturated rings. The van der Waals surface area contributed by atoms with Crippen LogP contribution < -0.4 is 10.6 Å². The molecule has 0 saturated carbocycles. The van der Waals surface area contributed by atoms with Gasteiger partial charge in [-0.05, 0) is 43.1 Å². The quantitative estimate of drug-likeness (QED) is 0.155. The first-order valence-electron chi connectivity index (χ1n) is 20.2. The van der Waals surface area contributed by atoms with Crippen LogP contribution in [0.3, 0.4) is 0 Å². The van der Waals surface area contributed by atoms with Gasteiger partial charge in [-0.1, -0.05) is 85.2 Å². The Labute approximate surface area is 339 Å². The van der Waals surface area contributed by atoms with Crippen LogP contribution in [0.2, 0.25) is 0 Å². The average molecular weight is 804 g/mol. The number of rotatable bonds is 22. The first-order chi connectivity index (χ1) is 26.9. The standard InChI is InChI=1S/C42H69N5O10/c1-13-27(7)36(45(9)40(51)34(25(3)4)44-39(50)35(26(5)6)46(10)42(54)57-14-2)32(55-11)24-33(48)47-22-18-21-31(47)37(56-12)28(8)38(49)43-30(41(52)53)23-29-19-16-15-17-20-29/h15-17,19-20,25-28,30-32,34-37H,13-14,18,21-24H2,1-12H3,(H,43,49)(H,44,50)(H,52,53)/t27-,28+,30?,31-,32?,34-,35-,36-,37+/m0/s1. The normalized spacial score (nSPS) is 18.4. The lowest BCUT2D eigenvalue weighted by Gasteiger charge is -2.41. The van der Waals surface area contributed by atoms with Crippen LogP contribution in [0.5, 0.6) is 0 Å². The number of aliphatic carboxylic acids is 1. The van der Waals surface area contributed by atoms with Gasteiger partial charge in [-0.15, -0.1) is 0 Å². The van der Waals surface area contributed by atoms with Crippen molar-refractivity contribution in [3.63, 3.8) is 0 Å². The van der Waals surface area contributed by atoms with Gasteiger partial charge < -0.3 is 39.8 Å². The highest BCUT2D eigenvalue weighted by atomic mass is 16.6. The first kappa shape index (κ1) is 48.9. The number of likely N-dealkylation sites (tertiary alicyclic amines) is 1. The topological polar surface area (TPSA) is 184 Å². The van der Waals surface area contributed by atoms with Crippen LogP contribution in [-0.4, -0.2) is 139 Å². The number of carbonyl (C=O) groups is 6. The van der Waals surface area contributed by atoms with Crippen LogP contribution in [0.1, 0.15) is 86.6 Å². The molecule has 57 heavy (non-hydrogen) atoms. The van der Waals surface area contributed by atoms with Gasteiger partial charge in [0, 0.05) is 41.3 Å². The van der Waals surface area contributed by atoms with Gasteiger partial charge in [0.1, 0.15) is 18.1 Å². The van der Waals surface area contributed by atoms with Crippen molar-refractivity contribution in [1.82, 2.24) is 25.3 Å². The van der Waals surface area contributed by atoms with Gasteiger partial charge in [-0.25, -0.2) is 9.59 Å². The second kappa shape index (κ2) is 23.2. The maximum atomic E-state index is 14.3. The summed E-state index contributed by atoms with van der Waals surface area (Å²) in [6.45, 7) is 15.2. The molecule has 5 amide bonds. The van der Waals surface area contributed by atoms with Crippen LogP contribution in [0, 0.1) is 23.7 Å². The van der Waals surface area contributed by atoms with Crippen molar-refractivity contribution >= 4 is 35.7 Å². The van der Waals surface area contributed by atoms with Crippen LogP contribution >= 0.6 is 0 Å². The van der Waals surface area contributed by atoms with Crippen LogP contribution in [0.25, 0.3) is 0 Å². The van der Waals surface area contributed by atoms with Crippen molar-refractivity contribution < 1.29 is 48.1 Å². The van der Waals surface area contributed by atoms with Crippen LogP contribution in [0.15, 0.2) is 30.3 Å². The summed E-state index contributed by atoms with van der Waals surface area (Å²) in [5, 5.41) is 15.5. The van der Waals surface area contributed by atoms with E-state index >= 15 is 0 Å². The molecule has 0 aromatic heterocycles. The maximum Gasteiger partial charge on any atom is 0.410 e. The average Bonchev–Trinajstić information content (AvgIpc) is 3.66. The van der Waals surface area contributed by atoms with E-state index in [2.05, 4.69) is 10.6 Å².